The molecule has 1 amide bonds. The molecule has 1 aromatic rings. The molecule has 0 aliphatic rings. The second-order valence-corrected chi connectivity index (χ2v) is 6.42. The Labute approximate surface area is 119 Å². The van der Waals surface area contributed by atoms with E-state index in [2.05, 4.69) is 9.97 Å². The zero-order valence-electron chi connectivity index (χ0n) is 11.6. The number of aromatic nitrogens is 2. The highest BCUT2D eigenvalue weighted by Crippen LogP contribution is 2.21. The number of halogens is 3. The van der Waals surface area contributed by atoms with E-state index in [1.54, 1.807) is 0 Å². The highest BCUT2D eigenvalue weighted by atomic mass is 32.2. The fourth-order valence-corrected chi connectivity index (χ4v) is 2.72. The van der Waals surface area contributed by atoms with Crippen molar-refractivity contribution in [2.75, 3.05) is 27.2 Å². The molecule has 0 atom stereocenters. The summed E-state index contributed by atoms with van der Waals surface area (Å²) in [6.45, 7) is -1.21. The minimum atomic E-state index is -4.77. The zero-order chi connectivity index (χ0) is 16.4. The van der Waals surface area contributed by atoms with Gasteiger partial charge in [0.25, 0.3) is 10.0 Å². The quantitative estimate of drug-likeness (QED) is 0.845. The van der Waals surface area contributed by atoms with Crippen LogP contribution in [0.3, 0.4) is 0 Å². The first-order valence-electron chi connectivity index (χ1n) is 5.72. The zero-order valence-corrected chi connectivity index (χ0v) is 12.4. The van der Waals surface area contributed by atoms with Crippen molar-refractivity contribution in [1.82, 2.24) is 19.2 Å². The molecule has 0 saturated heterocycles. The molecule has 0 radical (unpaired) electrons. The Balaban J connectivity index is 3.13. The van der Waals surface area contributed by atoms with Crippen LogP contribution in [-0.2, 0) is 14.8 Å². The summed E-state index contributed by atoms with van der Waals surface area (Å²) in [5.74, 6) is -0.529. The molecular formula is C10H15F3N4O3S. The Bertz CT molecular complexity index is 609. The van der Waals surface area contributed by atoms with Crippen LogP contribution in [0.4, 0.5) is 13.2 Å². The molecule has 0 aromatic carbocycles. The van der Waals surface area contributed by atoms with Gasteiger partial charge in [0, 0.05) is 14.1 Å². The maximum absolute atomic E-state index is 12.6. The molecular weight excluding hydrogens is 313 g/mol. The summed E-state index contributed by atoms with van der Waals surface area (Å²) >= 11 is 0. The van der Waals surface area contributed by atoms with Crippen LogP contribution in [0, 0.1) is 6.92 Å². The number of hydrogen-bond acceptors (Lipinski definition) is 4. The first-order chi connectivity index (χ1) is 9.43. The molecule has 120 valence electrons. The Kier molecular flexibility index (Phi) is 4.99. The number of alkyl halides is 3. The van der Waals surface area contributed by atoms with Gasteiger partial charge in [-0.25, -0.2) is 13.4 Å². The monoisotopic (exact) mass is 328 g/mol. The minimum Gasteiger partial charge on any atom is -0.348 e. The summed E-state index contributed by atoms with van der Waals surface area (Å²) in [5, 5.41) is -0.490. The molecule has 0 fully saturated rings. The summed E-state index contributed by atoms with van der Waals surface area (Å²) in [4.78, 5) is 18.6. The number of aryl methyl sites for hydroxylation is 1. The molecule has 0 aliphatic heterocycles. The number of sulfonamides is 1. The van der Waals surface area contributed by atoms with Crippen molar-refractivity contribution in [2.45, 2.75) is 18.1 Å². The summed E-state index contributed by atoms with van der Waals surface area (Å²) in [6, 6.07) is 0. The smallest absolute Gasteiger partial charge is 0.348 e. The fourth-order valence-electron chi connectivity index (χ4n) is 1.39. The molecule has 1 heterocycles. The maximum Gasteiger partial charge on any atom is 0.402 e. The van der Waals surface area contributed by atoms with Crippen molar-refractivity contribution in [3.63, 3.8) is 0 Å². The first-order valence-corrected chi connectivity index (χ1v) is 7.16. The first kappa shape index (κ1) is 17.4. The standard InChI is InChI=1S/C10H15F3N4O3S/c1-7-14-4-8(15-7)21(19,20)17(6-10(11,12)13)5-9(18)16(2)3/h4H,5-6H2,1-3H3,(H,14,15). The summed E-state index contributed by atoms with van der Waals surface area (Å²) < 4.78 is 62.1. The van der Waals surface area contributed by atoms with Gasteiger partial charge in [-0.1, -0.05) is 0 Å². The fraction of sp³-hybridized carbons (Fsp3) is 0.600. The summed E-state index contributed by atoms with van der Waals surface area (Å²) in [7, 11) is -1.85. The van der Waals surface area contributed by atoms with Gasteiger partial charge in [0.1, 0.15) is 12.4 Å². The highest BCUT2D eigenvalue weighted by molar-refractivity contribution is 7.89. The number of hydrogen-bond donors (Lipinski definition) is 1. The third-order valence-corrected chi connectivity index (χ3v) is 4.16. The van der Waals surface area contributed by atoms with Crippen LogP contribution in [0.1, 0.15) is 5.82 Å². The van der Waals surface area contributed by atoms with Crippen molar-refractivity contribution in [1.29, 1.82) is 0 Å². The van der Waals surface area contributed by atoms with Crippen LogP contribution in [0.25, 0.3) is 0 Å². The van der Waals surface area contributed by atoms with E-state index in [1.807, 2.05) is 0 Å². The lowest BCUT2D eigenvalue weighted by atomic mass is 10.5. The number of aromatic amines is 1. The van der Waals surface area contributed by atoms with Crippen LogP contribution in [-0.4, -0.2) is 66.9 Å². The van der Waals surface area contributed by atoms with Crippen molar-refractivity contribution in [2.24, 2.45) is 0 Å². The van der Waals surface area contributed by atoms with E-state index in [9.17, 15) is 26.4 Å². The van der Waals surface area contributed by atoms with Crippen LogP contribution in [0.2, 0.25) is 0 Å². The largest absolute Gasteiger partial charge is 0.402 e. The van der Waals surface area contributed by atoms with E-state index < -0.39 is 40.2 Å². The minimum absolute atomic E-state index is 0.0717. The lowest BCUT2D eigenvalue weighted by molar-refractivity contribution is -0.141. The maximum atomic E-state index is 12.6. The van der Waals surface area contributed by atoms with Gasteiger partial charge in [-0.2, -0.15) is 17.5 Å². The van der Waals surface area contributed by atoms with E-state index in [1.165, 1.54) is 21.0 Å². The molecule has 0 spiro atoms. The number of carbonyl (C=O) groups excluding carboxylic acids is 1. The number of amides is 1. The Morgan fingerprint density at radius 2 is 1.95 bits per heavy atom. The van der Waals surface area contributed by atoms with Gasteiger partial charge in [0.15, 0.2) is 5.03 Å². The molecule has 0 saturated carbocycles. The average molecular weight is 328 g/mol. The Morgan fingerprint density at radius 3 is 2.33 bits per heavy atom. The highest BCUT2D eigenvalue weighted by Gasteiger charge is 2.39. The molecule has 0 bridgehead atoms. The third-order valence-electron chi connectivity index (χ3n) is 2.46. The number of likely N-dealkylation sites (N-methyl/N-ethyl adjacent to an activating group) is 1. The summed E-state index contributed by atoms with van der Waals surface area (Å²) in [5.41, 5.74) is 0. The number of nitrogens with zero attached hydrogens (tertiary/aromatic N) is 3. The molecule has 1 N–H and O–H groups in total. The van der Waals surface area contributed by atoms with Gasteiger partial charge in [-0.15, -0.1) is 0 Å². The van der Waals surface area contributed by atoms with Gasteiger partial charge < -0.3 is 9.88 Å². The lowest BCUT2D eigenvalue weighted by Crippen LogP contribution is -2.44. The van der Waals surface area contributed by atoms with Gasteiger partial charge >= 0.3 is 6.18 Å². The topological polar surface area (TPSA) is 86.4 Å². The number of H-pyrrole nitrogens is 1. The van der Waals surface area contributed by atoms with E-state index >= 15 is 0 Å². The lowest BCUT2D eigenvalue weighted by Gasteiger charge is -2.23. The van der Waals surface area contributed by atoms with Crippen LogP contribution >= 0.6 is 0 Å². The molecule has 0 unspecified atom stereocenters. The second kappa shape index (κ2) is 6.02. The molecule has 1 aromatic heterocycles. The third kappa shape index (κ3) is 4.70. The molecule has 7 nitrogen and oxygen atoms in total. The Morgan fingerprint density at radius 1 is 1.38 bits per heavy atom. The van der Waals surface area contributed by atoms with E-state index in [4.69, 9.17) is 0 Å². The molecule has 0 aliphatic carbocycles. The van der Waals surface area contributed by atoms with Crippen LogP contribution < -0.4 is 0 Å². The molecule has 1 rings (SSSR count). The normalized spacial score (nSPS) is 12.7. The van der Waals surface area contributed by atoms with Crippen molar-refractivity contribution >= 4 is 15.9 Å². The van der Waals surface area contributed by atoms with Gasteiger partial charge in [-0.3, -0.25) is 4.79 Å². The second-order valence-electron chi connectivity index (χ2n) is 4.51. The number of imidazole rings is 1. The molecule has 21 heavy (non-hydrogen) atoms. The Hall–Kier alpha value is -1.62. The van der Waals surface area contributed by atoms with E-state index in [-0.39, 0.29) is 10.1 Å². The van der Waals surface area contributed by atoms with Crippen molar-refractivity contribution < 1.29 is 26.4 Å². The SMILES string of the molecule is Cc1ncc(S(=O)(=O)N(CC(=O)N(C)C)CC(F)(F)F)[nH]1. The van der Waals surface area contributed by atoms with Crippen LogP contribution in [0.5, 0.6) is 0 Å². The van der Waals surface area contributed by atoms with Gasteiger partial charge in [-0.05, 0) is 6.92 Å². The summed E-state index contributed by atoms with van der Waals surface area (Å²) in [6.07, 6.45) is -3.86. The van der Waals surface area contributed by atoms with Gasteiger partial charge in [0.05, 0.1) is 12.7 Å². The number of rotatable bonds is 5. The average Bonchev–Trinajstić information content (AvgIpc) is 2.73. The predicted octanol–water partition coefficient (Wildman–Crippen LogP) is 0.359. The predicted molar refractivity (Wildman–Crippen MR) is 66.8 cm³/mol. The van der Waals surface area contributed by atoms with Crippen molar-refractivity contribution in [3.05, 3.63) is 12.0 Å². The van der Waals surface area contributed by atoms with Crippen LogP contribution in [0.15, 0.2) is 11.2 Å². The number of carbonyl (C=O) groups is 1. The van der Waals surface area contributed by atoms with E-state index in [0.717, 1.165) is 11.1 Å². The molecule has 11 heteroatoms. The number of nitrogens with one attached hydrogen (secondary N) is 1. The van der Waals surface area contributed by atoms with Gasteiger partial charge in [0.2, 0.25) is 5.91 Å². The van der Waals surface area contributed by atoms with Crippen molar-refractivity contribution in [3.8, 4) is 0 Å². The van der Waals surface area contributed by atoms with E-state index in [0.29, 0.717) is 0 Å².